The van der Waals surface area contributed by atoms with Gasteiger partial charge in [-0.25, -0.2) is 34.9 Å². The van der Waals surface area contributed by atoms with Crippen molar-refractivity contribution in [1.82, 2.24) is 54.4 Å². The molecule has 10 aromatic rings. The molecule has 0 bridgehead atoms. The van der Waals surface area contributed by atoms with Gasteiger partial charge in [0.05, 0.1) is 17.2 Å². The number of hydrogen-bond acceptors (Lipinski definition) is 13. The van der Waals surface area contributed by atoms with Crippen LogP contribution in [0.25, 0.3) is 16.6 Å². The summed E-state index contributed by atoms with van der Waals surface area (Å²) in [4.78, 5) is 33.9. The Balaban J connectivity index is -0.000000156. The summed E-state index contributed by atoms with van der Waals surface area (Å²) < 4.78 is 10.7. The topological polar surface area (TPSA) is 160 Å². The Hall–Kier alpha value is -7.32. The van der Waals surface area contributed by atoms with E-state index >= 15 is 0 Å². The lowest BCUT2D eigenvalue weighted by Gasteiger charge is -1.90. The molecule has 372 valence electrons. The molecule has 0 saturated heterocycles. The number of para-hydroxylation sites is 1. The molecule has 0 unspecified atom stereocenters. The predicted octanol–water partition coefficient (Wildman–Crippen LogP) is 16.3. The van der Waals surface area contributed by atoms with E-state index in [2.05, 4.69) is 59.0 Å². The molecule has 0 radical (unpaired) electrons. The maximum absolute atomic E-state index is 4.47. The van der Waals surface area contributed by atoms with E-state index in [4.69, 9.17) is 0 Å². The number of hydrogen-bond donors (Lipinski definition) is 0. The molecular weight excluding hydrogens is 867 g/mol. The molecule has 0 saturated carbocycles. The van der Waals surface area contributed by atoms with Crippen molar-refractivity contribution in [3.05, 3.63) is 214 Å². The van der Waals surface area contributed by atoms with Gasteiger partial charge in [-0.05, 0) is 36.4 Å². The fourth-order valence-corrected chi connectivity index (χ4v) is 3.58. The average Bonchev–Trinajstić information content (AvgIpc) is 4.37. The molecule has 0 N–H and O–H groups in total. The van der Waals surface area contributed by atoms with Crippen LogP contribution < -0.4 is 0 Å². The quantitative estimate of drug-likeness (QED) is 0.142. The van der Waals surface area contributed by atoms with Gasteiger partial charge in [-0.2, -0.15) is 0 Å². The van der Waals surface area contributed by atoms with Gasteiger partial charge in [0.25, 0.3) is 0 Å². The molecule has 0 fully saturated rings. The number of rotatable bonds is 0. The molecule has 0 aliphatic heterocycles. The summed E-state index contributed by atoms with van der Waals surface area (Å²) in [5.74, 6) is 0. The zero-order chi connectivity index (χ0) is 52.3. The molecule has 0 amide bonds. The Kier molecular flexibility index (Phi) is 78.7. The van der Waals surface area contributed by atoms with Crippen molar-refractivity contribution < 1.29 is 8.94 Å². The van der Waals surface area contributed by atoms with E-state index in [-0.39, 0.29) is 0 Å². The second-order valence-electron chi connectivity index (χ2n) is 8.99. The van der Waals surface area contributed by atoms with Gasteiger partial charge in [0.2, 0.25) is 6.39 Å². The highest BCUT2D eigenvalue weighted by Crippen LogP contribution is 2.06. The molecule has 13 nitrogen and oxygen atoms in total. The van der Waals surface area contributed by atoms with E-state index < -0.39 is 0 Å². The van der Waals surface area contributed by atoms with E-state index in [1.54, 1.807) is 72.6 Å². The van der Waals surface area contributed by atoms with Gasteiger partial charge in [-0.15, -0.1) is 11.3 Å². The van der Waals surface area contributed by atoms with Crippen LogP contribution in [-0.2, 0) is 0 Å². The van der Waals surface area contributed by atoms with Gasteiger partial charge >= 0.3 is 0 Å². The summed E-state index contributed by atoms with van der Waals surface area (Å²) in [6.45, 7) is 32.0. The largest absolute Gasteiger partial charge is 0.452 e. The number of aromatic nitrogens is 11. The second kappa shape index (κ2) is 74.0. The lowest BCUT2D eigenvalue weighted by Crippen LogP contribution is -1.77. The fraction of sp³-hybridized carbons (Fsp3) is 0.296. The zero-order valence-electron chi connectivity index (χ0n) is 43.9. The minimum Gasteiger partial charge on any atom is -0.452 e. The normalized spacial score (nSPS) is 7.41. The second-order valence-corrected chi connectivity index (χ2v) is 9.75. The predicted molar refractivity (Wildman–Crippen MR) is 291 cm³/mol. The highest BCUT2D eigenvalue weighted by molar-refractivity contribution is 7.07. The molecule has 8 heterocycles. The van der Waals surface area contributed by atoms with Crippen molar-refractivity contribution in [3.63, 3.8) is 0 Å². The molecule has 8 aromatic heterocycles. The molecule has 68 heavy (non-hydrogen) atoms. The molecule has 0 aliphatic rings. The smallest absolute Gasteiger partial charge is 0.213 e. The van der Waals surface area contributed by atoms with Crippen molar-refractivity contribution in [2.75, 3.05) is 0 Å². The Morgan fingerprint density at radius 2 is 0.985 bits per heavy atom. The number of pyridine rings is 2. The van der Waals surface area contributed by atoms with Crippen LogP contribution in [0.15, 0.2) is 223 Å². The van der Waals surface area contributed by atoms with Crippen molar-refractivity contribution in [1.29, 1.82) is 0 Å². The summed E-state index contributed by atoms with van der Waals surface area (Å²) in [6.07, 6.45) is 26.3. The van der Waals surface area contributed by atoms with Crippen LogP contribution >= 0.6 is 11.3 Å². The molecule has 14 heteroatoms. The van der Waals surface area contributed by atoms with Gasteiger partial charge in [0.1, 0.15) is 24.6 Å². The van der Waals surface area contributed by atoms with Gasteiger partial charge < -0.3 is 13.3 Å². The Labute approximate surface area is 414 Å². The van der Waals surface area contributed by atoms with Crippen LogP contribution in [0.1, 0.15) is 111 Å². The van der Waals surface area contributed by atoms with E-state index in [0.29, 0.717) is 0 Å². The maximum atomic E-state index is 4.47. The maximum Gasteiger partial charge on any atom is 0.213 e. The zero-order valence-corrected chi connectivity index (χ0v) is 44.7. The van der Waals surface area contributed by atoms with Crippen molar-refractivity contribution in [2.24, 2.45) is 0 Å². The molecule has 10 rings (SSSR count). The number of thiazole rings is 1. The summed E-state index contributed by atoms with van der Waals surface area (Å²) in [5, 5.41) is 6.25. The minimum atomic E-state index is 0.998. The third-order valence-corrected chi connectivity index (χ3v) is 5.93. The Bertz CT molecular complexity index is 1750. The van der Waals surface area contributed by atoms with E-state index in [0.717, 1.165) is 16.6 Å². The first kappa shape index (κ1) is 72.3. The van der Waals surface area contributed by atoms with Crippen LogP contribution in [-0.4, -0.2) is 54.4 Å². The van der Waals surface area contributed by atoms with Crippen molar-refractivity contribution in [3.8, 4) is 0 Å². The van der Waals surface area contributed by atoms with Gasteiger partial charge in [-0.1, -0.05) is 183 Å². The van der Waals surface area contributed by atoms with E-state index in [1.165, 1.54) is 31.7 Å². The molecule has 0 atom stereocenters. The summed E-state index contributed by atoms with van der Waals surface area (Å²) >= 11 is 1.60. The lowest BCUT2D eigenvalue weighted by molar-refractivity contribution is 0.416. The summed E-state index contributed by atoms with van der Waals surface area (Å²) in [6, 6.07) is 33.3. The molecular formula is C54H83N11O2S. The summed E-state index contributed by atoms with van der Waals surface area (Å²) in [7, 11) is 0. The van der Waals surface area contributed by atoms with Crippen LogP contribution in [0, 0.1) is 0 Å². The number of oxazole rings is 1. The SMILES string of the molecule is CC.CC.CC.CC.CC.CC.CC.CC.c1ccc2ncncc2c1.c1ccccc1.c1ccn2ccnc2c1.c1ccncc1.c1cncnc1.c1cocn1.c1cscn1.c1ncon1. The molecule has 0 aliphatic carbocycles. The Morgan fingerprint density at radius 1 is 0.412 bits per heavy atom. The first-order chi connectivity index (χ1) is 33.9. The average molecular weight is 950 g/mol. The van der Waals surface area contributed by atoms with Crippen LogP contribution in [0.2, 0.25) is 0 Å². The van der Waals surface area contributed by atoms with E-state index in [9.17, 15) is 0 Å². The third-order valence-electron chi connectivity index (χ3n) is 5.40. The number of nitrogens with zero attached hydrogens (tertiary/aromatic N) is 11. The first-order valence-electron chi connectivity index (χ1n) is 23.3. The fourth-order valence-electron chi connectivity index (χ4n) is 3.23. The van der Waals surface area contributed by atoms with Crippen LogP contribution in [0.4, 0.5) is 0 Å². The monoisotopic (exact) mass is 950 g/mol. The number of benzene rings is 2. The van der Waals surface area contributed by atoms with Crippen molar-refractivity contribution in [2.45, 2.75) is 111 Å². The standard InChI is InChI=1S/C8H6N2.C7H6N2.C6H6.C5H5N.C4H4N2.C3H3NO.C3H3NS.C2H2N2O.8C2H6/c1-2-4-8-7(3-1)5-9-6-10-8;1-2-5-9-6-4-8-7(9)3-1;2*1-2-4-6-5-3-1;1-2-5-4-6-3-1;2*1-2-5-3-4-1;1-3-2-5-4-1;8*1-2/h1-6H;1-6H;1-6H;1-5H;1-4H;2*1-3H;1-2H;8*1-2H3. The molecule has 2 aromatic carbocycles. The summed E-state index contributed by atoms with van der Waals surface area (Å²) in [5.41, 5.74) is 3.79. The highest BCUT2D eigenvalue weighted by atomic mass is 32.1. The Morgan fingerprint density at radius 3 is 1.32 bits per heavy atom. The minimum absolute atomic E-state index is 0.998. The third kappa shape index (κ3) is 53.0. The number of imidazole rings is 1. The first-order valence-corrected chi connectivity index (χ1v) is 24.3. The van der Waals surface area contributed by atoms with Crippen LogP contribution in [0.3, 0.4) is 0 Å². The highest BCUT2D eigenvalue weighted by Gasteiger charge is 1.88. The van der Waals surface area contributed by atoms with Gasteiger partial charge in [-0.3, -0.25) is 9.97 Å². The lowest BCUT2D eigenvalue weighted by atomic mass is 10.2. The van der Waals surface area contributed by atoms with Gasteiger partial charge in [0.15, 0.2) is 12.7 Å². The molecule has 0 spiro atoms. The van der Waals surface area contributed by atoms with Crippen molar-refractivity contribution >= 4 is 27.9 Å². The van der Waals surface area contributed by atoms with Crippen LogP contribution in [0.5, 0.6) is 0 Å². The number of fused-ring (bicyclic) bond motifs is 2. The van der Waals surface area contributed by atoms with E-state index in [1.807, 2.05) is 236 Å². The van der Waals surface area contributed by atoms with Gasteiger partial charge in [0, 0.05) is 66.5 Å².